The summed E-state index contributed by atoms with van der Waals surface area (Å²) in [7, 11) is 0. The summed E-state index contributed by atoms with van der Waals surface area (Å²) in [6, 6.07) is 1.62. The molecule has 1 amide bonds. The molecule has 43 heavy (non-hydrogen) atoms. The highest BCUT2D eigenvalue weighted by atomic mass is 32.2. The van der Waals surface area contributed by atoms with Crippen molar-refractivity contribution in [3.8, 4) is 11.1 Å². The fourth-order valence-corrected chi connectivity index (χ4v) is 9.30. The van der Waals surface area contributed by atoms with E-state index in [0.717, 1.165) is 30.5 Å². The lowest BCUT2D eigenvalue weighted by atomic mass is 9.91. The van der Waals surface area contributed by atoms with Crippen LogP contribution in [0.1, 0.15) is 18.4 Å². The molecule has 3 atom stereocenters. The molecule has 2 saturated heterocycles. The third kappa shape index (κ3) is 5.22. The first-order valence-electron chi connectivity index (χ1n) is 13.3. The molecule has 0 spiro atoms. The number of carbonyl (C=O) groups is 2. The number of piperazine rings is 1. The maximum Gasteiger partial charge on any atom is 0.417 e. The second-order valence-electron chi connectivity index (χ2n) is 10.6. The molecule has 3 unspecified atom stereocenters. The quantitative estimate of drug-likeness (QED) is 0.258. The van der Waals surface area contributed by atoms with Crippen LogP contribution in [0.25, 0.3) is 22.0 Å². The van der Waals surface area contributed by atoms with Crippen molar-refractivity contribution in [3.05, 3.63) is 70.3 Å². The number of aromatic nitrogens is 2. The number of rotatable bonds is 4. The average molecular weight is 629 g/mol. The van der Waals surface area contributed by atoms with Gasteiger partial charge in [0.1, 0.15) is 17.4 Å². The summed E-state index contributed by atoms with van der Waals surface area (Å²) in [6.45, 7) is 0.185. The van der Waals surface area contributed by atoms with E-state index >= 15 is 4.39 Å². The second kappa shape index (κ2) is 10.8. The Balaban J connectivity index is 1.54. The van der Waals surface area contributed by atoms with Gasteiger partial charge in [-0.3, -0.25) is 18.5 Å². The fourth-order valence-electron chi connectivity index (χ4n) is 6.36. The van der Waals surface area contributed by atoms with Gasteiger partial charge >= 0.3 is 11.9 Å². The number of hydrogen-bond acceptors (Lipinski definition) is 5. The van der Waals surface area contributed by atoms with E-state index in [1.807, 2.05) is 4.31 Å². The van der Waals surface area contributed by atoms with Gasteiger partial charge in [-0.2, -0.15) is 24.3 Å². The molecule has 15 heteroatoms. The minimum absolute atomic E-state index is 0.0155. The van der Waals surface area contributed by atoms with Crippen LogP contribution >= 0.6 is 11.1 Å². The van der Waals surface area contributed by atoms with Crippen LogP contribution in [0.15, 0.2) is 52.3 Å². The number of ketones is 1. The van der Waals surface area contributed by atoms with Crippen molar-refractivity contribution in [2.75, 3.05) is 18.8 Å². The molecule has 2 bridgehead atoms. The minimum atomic E-state index is -4.97. The van der Waals surface area contributed by atoms with Crippen molar-refractivity contribution in [3.63, 3.8) is 0 Å². The minimum Gasteiger partial charge on any atom is -0.330 e. The van der Waals surface area contributed by atoms with Crippen LogP contribution in [-0.4, -0.2) is 67.8 Å². The van der Waals surface area contributed by atoms with Crippen LogP contribution in [-0.2, 0) is 22.3 Å². The molecule has 2 aromatic carbocycles. The molecular weight excluding hydrogens is 605 g/mol. The topological polar surface area (TPSA) is 75.5 Å². The van der Waals surface area contributed by atoms with E-state index < -0.39 is 75.7 Å². The largest absolute Gasteiger partial charge is 0.417 e. The summed E-state index contributed by atoms with van der Waals surface area (Å²) in [5, 5.41) is 0.0155. The summed E-state index contributed by atoms with van der Waals surface area (Å²) in [4.78, 5) is 43.3. The molecule has 3 aliphatic heterocycles. The van der Waals surface area contributed by atoms with E-state index in [-0.39, 0.29) is 59.8 Å². The van der Waals surface area contributed by atoms with Gasteiger partial charge in [0, 0.05) is 78.0 Å². The van der Waals surface area contributed by atoms with Crippen LogP contribution in [0.3, 0.4) is 0 Å². The number of aryl methyl sites for hydroxylation is 1. The number of alkyl halides is 5. The molecule has 3 aromatic rings. The number of allylic oxidation sites excluding steroid dienone is 1. The average Bonchev–Trinajstić information content (AvgIpc) is 2.92. The lowest BCUT2D eigenvalue weighted by Crippen LogP contribution is -2.63. The van der Waals surface area contributed by atoms with Crippen LogP contribution in [0.4, 0.5) is 30.7 Å². The van der Waals surface area contributed by atoms with Crippen molar-refractivity contribution in [1.82, 2.24) is 18.8 Å². The molecule has 3 aliphatic rings. The van der Waals surface area contributed by atoms with Gasteiger partial charge in [-0.05, 0) is 24.3 Å². The van der Waals surface area contributed by atoms with Crippen molar-refractivity contribution in [2.24, 2.45) is 0 Å². The zero-order valence-electron chi connectivity index (χ0n) is 22.1. The summed E-state index contributed by atoms with van der Waals surface area (Å²) in [6.07, 6.45) is -5.72. The monoisotopic (exact) mass is 628 g/mol. The molecule has 0 saturated carbocycles. The van der Waals surface area contributed by atoms with Crippen molar-refractivity contribution >= 4 is 33.7 Å². The summed E-state index contributed by atoms with van der Waals surface area (Å²) < 4.78 is 102. The molecule has 0 N–H and O–H groups in total. The molecule has 228 valence electrons. The molecule has 7 nitrogen and oxygen atoms in total. The molecular formula is C28H23F7N4O3S. The van der Waals surface area contributed by atoms with Crippen molar-refractivity contribution < 1.29 is 40.3 Å². The smallest absolute Gasteiger partial charge is 0.330 e. The molecule has 0 radical (unpaired) electrons. The van der Waals surface area contributed by atoms with E-state index in [1.54, 1.807) is 0 Å². The third-order valence-corrected chi connectivity index (χ3v) is 10.5. The van der Waals surface area contributed by atoms with Crippen LogP contribution < -0.4 is 5.69 Å². The van der Waals surface area contributed by atoms with Gasteiger partial charge in [-0.25, -0.2) is 27.3 Å². The predicted octanol–water partition coefficient (Wildman–Crippen LogP) is 4.71. The lowest BCUT2D eigenvalue weighted by molar-refractivity contribution is -0.141. The maximum absolute atomic E-state index is 15.3. The van der Waals surface area contributed by atoms with Gasteiger partial charge in [0.2, 0.25) is 5.91 Å². The highest BCUT2D eigenvalue weighted by Gasteiger charge is 2.46. The number of benzene rings is 2. The Morgan fingerprint density at radius 2 is 1.77 bits per heavy atom. The summed E-state index contributed by atoms with van der Waals surface area (Å²) >= 11 is -1.73. The zero-order valence-corrected chi connectivity index (χ0v) is 23.0. The lowest BCUT2D eigenvalue weighted by Gasteiger charge is -2.53. The standard InChI is InChI=1S/C28H23F7N4O3S/c29-15-1-2-19(21(30)8-15)24-20(28(33,34)35)7-14-11-36-27(42)38-5-6-43(26(24)25(14)38)37-12-16-9-18(40)10-17(13-37)39(16)23(41)4-3-22(31)32/h1-4,7-8,11,16-17,22,43H,5-6,9-10,12-13H2/b4-3+. The van der Waals surface area contributed by atoms with Crippen LogP contribution in [0.5, 0.6) is 0 Å². The van der Waals surface area contributed by atoms with Crippen molar-refractivity contribution in [2.45, 2.75) is 49.0 Å². The number of halogens is 7. The first kappa shape index (κ1) is 29.4. The molecule has 0 aliphatic carbocycles. The zero-order chi connectivity index (χ0) is 30.8. The number of piperidine rings is 1. The highest BCUT2D eigenvalue weighted by Crippen LogP contribution is 2.55. The summed E-state index contributed by atoms with van der Waals surface area (Å²) in [5.41, 5.74) is -2.72. The van der Waals surface area contributed by atoms with Gasteiger partial charge in [0.15, 0.2) is 0 Å². The Hall–Kier alpha value is -3.72. The first-order valence-corrected chi connectivity index (χ1v) is 14.7. The predicted molar refractivity (Wildman–Crippen MR) is 144 cm³/mol. The Morgan fingerprint density at radius 3 is 2.40 bits per heavy atom. The van der Waals surface area contributed by atoms with Gasteiger partial charge in [0.25, 0.3) is 6.43 Å². The normalized spacial score (nSPS) is 23.5. The number of carbonyl (C=O) groups excluding carboxylic acids is 2. The SMILES string of the molecule is O=C1CC2CN([SH]3CCn4c(=O)ncc5cc(C(F)(F)F)c(-c6ccc(F)cc6F)c3c54)CC(C1)N2C(=O)/C=C/C(F)F. The number of Topliss-reactive ketones (excluding diaryl/α,β-unsaturated/α-hetero) is 1. The molecule has 6 rings (SSSR count). The molecule has 1 aromatic heterocycles. The number of thiol groups is 1. The molecule has 2 fully saturated rings. The fraction of sp³-hybridized carbons (Fsp3) is 0.357. The van der Waals surface area contributed by atoms with Crippen LogP contribution in [0, 0.1) is 11.6 Å². The van der Waals surface area contributed by atoms with E-state index in [2.05, 4.69) is 4.98 Å². The van der Waals surface area contributed by atoms with E-state index in [4.69, 9.17) is 0 Å². The molecule has 4 heterocycles. The van der Waals surface area contributed by atoms with E-state index in [0.29, 0.717) is 12.1 Å². The van der Waals surface area contributed by atoms with E-state index in [1.165, 1.54) is 9.47 Å². The Labute approximate surface area is 242 Å². The third-order valence-electron chi connectivity index (χ3n) is 7.95. The first-order chi connectivity index (χ1) is 20.3. The Morgan fingerprint density at radius 1 is 1.07 bits per heavy atom. The number of amides is 1. The van der Waals surface area contributed by atoms with Gasteiger partial charge in [0.05, 0.1) is 23.2 Å². The van der Waals surface area contributed by atoms with Gasteiger partial charge in [-0.15, -0.1) is 0 Å². The van der Waals surface area contributed by atoms with Crippen LogP contribution in [0.2, 0.25) is 0 Å². The maximum atomic E-state index is 15.3. The second-order valence-corrected chi connectivity index (χ2v) is 12.8. The number of fused-ring (bicyclic) bond motifs is 2. The highest BCUT2D eigenvalue weighted by molar-refractivity contribution is 8.15. The number of nitrogens with zero attached hydrogens (tertiary/aromatic N) is 4. The summed E-state index contributed by atoms with van der Waals surface area (Å²) in [5.74, 6) is -2.85. The Kier molecular flexibility index (Phi) is 7.35. The van der Waals surface area contributed by atoms with E-state index in [9.17, 15) is 40.7 Å². The van der Waals surface area contributed by atoms with Gasteiger partial charge < -0.3 is 4.90 Å². The van der Waals surface area contributed by atoms with Gasteiger partial charge in [-0.1, -0.05) is 0 Å². The Bertz CT molecular complexity index is 1720. The van der Waals surface area contributed by atoms with Crippen molar-refractivity contribution in [1.29, 1.82) is 0 Å². The number of hydrogen-bond donors (Lipinski definition) is 1.